The lowest BCUT2D eigenvalue weighted by molar-refractivity contribution is -0.137. The number of carbonyl (C=O) groups excluding carboxylic acids is 1. The van der Waals surface area contributed by atoms with E-state index in [0.717, 1.165) is 6.20 Å². The standard InChI is InChI=1S/C9H11F3N2OS/c1-5(13)2-3-6(15)7-4-14-8(16-7)9(10,11)12/h4-5H,2-3,13H2,1H3. The molecule has 0 amide bonds. The monoisotopic (exact) mass is 252 g/mol. The second-order valence-electron chi connectivity index (χ2n) is 3.47. The van der Waals surface area contributed by atoms with E-state index in [4.69, 9.17) is 5.73 Å². The largest absolute Gasteiger partial charge is 0.443 e. The number of alkyl halides is 3. The minimum absolute atomic E-state index is 0.0352. The maximum absolute atomic E-state index is 12.2. The maximum atomic E-state index is 12.2. The van der Waals surface area contributed by atoms with Gasteiger partial charge in [0.15, 0.2) is 10.8 Å². The quantitative estimate of drug-likeness (QED) is 0.837. The Kier molecular flexibility index (Phi) is 4.03. The third kappa shape index (κ3) is 3.57. The Hall–Kier alpha value is -0.950. The molecule has 0 spiro atoms. The fraction of sp³-hybridized carbons (Fsp3) is 0.556. The average Bonchev–Trinajstić information content (AvgIpc) is 2.61. The lowest BCUT2D eigenvalue weighted by atomic mass is 10.1. The highest BCUT2D eigenvalue weighted by Crippen LogP contribution is 2.32. The molecule has 0 fully saturated rings. The zero-order valence-electron chi connectivity index (χ0n) is 8.54. The number of hydrogen-bond donors (Lipinski definition) is 1. The molecule has 1 rings (SSSR count). The second kappa shape index (κ2) is 4.92. The first-order valence-corrected chi connectivity index (χ1v) is 5.44. The molecule has 0 aliphatic carbocycles. The third-order valence-electron chi connectivity index (χ3n) is 1.85. The number of nitrogens with two attached hydrogens (primary N) is 1. The zero-order chi connectivity index (χ0) is 12.3. The molecule has 3 nitrogen and oxygen atoms in total. The second-order valence-corrected chi connectivity index (χ2v) is 4.50. The number of aromatic nitrogens is 1. The Bertz CT molecular complexity index is 373. The minimum Gasteiger partial charge on any atom is -0.328 e. The van der Waals surface area contributed by atoms with E-state index in [1.54, 1.807) is 6.92 Å². The highest BCUT2D eigenvalue weighted by Gasteiger charge is 2.35. The van der Waals surface area contributed by atoms with Crippen molar-refractivity contribution >= 4 is 17.1 Å². The summed E-state index contributed by atoms with van der Waals surface area (Å²) in [5.41, 5.74) is 5.45. The lowest BCUT2D eigenvalue weighted by Crippen LogP contribution is -2.16. The van der Waals surface area contributed by atoms with Gasteiger partial charge in [0.05, 0.1) is 4.88 Å². The van der Waals surface area contributed by atoms with Gasteiger partial charge < -0.3 is 5.73 Å². The predicted molar refractivity (Wildman–Crippen MR) is 54.3 cm³/mol. The van der Waals surface area contributed by atoms with Gasteiger partial charge in [-0.15, -0.1) is 11.3 Å². The number of halogens is 3. The van der Waals surface area contributed by atoms with Crippen LogP contribution >= 0.6 is 11.3 Å². The van der Waals surface area contributed by atoms with Crippen LogP contribution in [0.2, 0.25) is 0 Å². The number of carbonyl (C=O) groups is 1. The van der Waals surface area contributed by atoms with Crippen molar-refractivity contribution in [3.8, 4) is 0 Å². The van der Waals surface area contributed by atoms with Crippen LogP contribution in [0.3, 0.4) is 0 Å². The van der Waals surface area contributed by atoms with Crippen molar-refractivity contribution in [3.05, 3.63) is 16.1 Å². The maximum Gasteiger partial charge on any atom is 0.443 e. The van der Waals surface area contributed by atoms with Gasteiger partial charge in [0, 0.05) is 18.7 Å². The molecule has 1 aromatic heterocycles. The van der Waals surface area contributed by atoms with E-state index in [1.165, 1.54) is 0 Å². The molecule has 0 bridgehead atoms. The topological polar surface area (TPSA) is 56.0 Å². The van der Waals surface area contributed by atoms with Crippen molar-refractivity contribution in [1.29, 1.82) is 0 Å². The van der Waals surface area contributed by atoms with Crippen molar-refractivity contribution in [2.45, 2.75) is 32.0 Å². The van der Waals surface area contributed by atoms with Crippen LogP contribution in [-0.4, -0.2) is 16.8 Å². The minimum atomic E-state index is -4.48. The van der Waals surface area contributed by atoms with Crippen LogP contribution in [0.4, 0.5) is 13.2 Å². The summed E-state index contributed by atoms with van der Waals surface area (Å²) in [5, 5.41) is -0.989. The van der Waals surface area contributed by atoms with Crippen molar-refractivity contribution in [2.24, 2.45) is 5.73 Å². The van der Waals surface area contributed by atoms with Gasteiger partial charge in [-0.1, -0.05) is 0 Å². The summed E-state index contributed by atoms with van der Waals surface area (Å²) in [6, 6.07) is -0.140. The van der Waals surface area contributed by atoms with Crippen LogP contribution in [0.1, 0.15) is 34.4 Å². The van der Waals surface area contributed by atoms with Crippen LogP contribution in [0.15, 0.2) is 6.20 Å². The molecule has 1 atom stereocenters. The van der Waals surface area contributed by atoms with E-state index in [0.29, 0.717) is 17.8 Å². The van der Waals surface area contributed by atoms with Gasteiger partial charge in [-0.25, -0.2) is 4.98 Å². The van der Waals surface area contributed by atoms with Crippen molar-refractivity contribution < 1.29 is 18.0 Å². The number of thiazole rings is 1. The van der Waals surface area contributed by atoms with Crippen LogP contribution < -0.4 is 5.73 Å². The first kappa shape index (κ1) is 13.1. The number of Topliss-reactive ketones (excluding diaryl/α,β-unsaturated/α-hetero) is 1. The van der Waals surface area contributed by atoms with Crippen LogP contribution in [0.25, 0.3) is 0 Å². The molecule has 0 aliphatic rings. The Morgan fingerprint density at radius 2 is 2.25 bits per heavy atom. The van der Waals surface area contributed by atoms with E-state index >= 15 is 0 Å². The molecule has 1 heterocycles. The highest BCUT2D eigenvalue weighted by atomic mass is 32.1. The Morgan fingerprint density at radius 3 is 2.69 bits per heavy atom. The van der Waals surface area contributed by atoms with Gasteiger partial charge >= 0.3 is 6.18 Å². The summed E-state index contributed by atoms with van der Waals surface area (Å²) in [7, 11) is 0. The predicted octanol–water partition coefficient (Wildman–Crippen LogP) is 2.47. The first-order chi connectivity index (χ1) is 7.30. The SMILES string of the molecule is CC(N)CCC(=O)c1cnc(C(F)(F)F)s1. The average molecular weight is 252 g/mol. The molecule has 90 valence electrons. The Morgan fingerprint density at radius 1 is 1.62 bits per heavy atom. The van der Waals surface area contributed by atoms with Gasteiger partial charge in [0.1, 0.15) is 0 Å². The van der Waals surface area contributed by atoms with Gasteiger partial charge in [0.25, 0.3) is 0 Å². The van der Waals surface area contributed by atoms with Crippen LogP contribution in [0.5, 0.6) is 0 Å². The molecule has 0 aromatic carbocycles. The van der Waals surface area contributed by atoms with E-state index in [-0.39, 0.29) is 23.1 Å². The highest BCUT2D eigenvalue weighted by molar-refractivity contribution is 7.13. The molecule has 0 saturated heterocycles. The molecule has 2 N–H and O–H groups in total. The fourth-order valence-corrected chi connectivity index (χ4v) is 1.77. The molecule has 1 unspecified atom stereocenters. The Labute approximate surface area is 94.5 Å². The number of ketones is 1. The van der Waals surface area contributed by atoms with Crippen LogP contribution in [0, 0.1) is 0 Å². The summed E-state index contributed by atoms with van der Waals surface area (Å²) >= 11 is 0.373. The normalized spacial score (nSPS) is 13.8. The molecule has 7 heteroatoms. The summed E-state index contributed by atoms with van der Waals surface area (Å²) < 4.78 is 36.6. The molecule has 0 saturated carbocycles. The van der Waals surface area contributed by atoms with E-state index in [9.17, 15) is 18.0 Å². The summed E-state index contributed by atoms with van der Waals surface area (Å²) in [6.07, 6.45) is -2.91. The van der Waals surface area contributed by atoms with E-state index < -0.39 is 11.2 Å². The molecular formula is C9H11F3N2OS. The molecule has 16 heavy (non-hydrogen) atoms. The summed E-state index contributed by atoms with van der Waals surface area (Å²) in [4.78, 5) is 14.6. The van der Waals surface area contributed by atoms with Crippen molar-refractivity contribution in [3.63, 3.8) is 0 Å². The van der Waals surface area contributed by atoms with Gasteiger partial charge in [-0.2, -0.15) is 13.2 Å². The zero-order valence-corrected chi connectivity index (χ0v) is 9.36. The molecule has 0 radical (unpaired) electrons. The number of nitrogens with zero attached hydrogens (tertiary/aromatic N) is 1. The smallest absolute Gasteiger partial charge is 0.328 e. The molecule has 1 aromatic rings. The van der Waals surface area contributed by atoms with Gasteiger partial charge in [-0.05, 0) is 13.3 Å². The van der Waals surface area contributed by atoms with Crippen molar-refractivity contribution in [1.82, 2.24) is 4.98 Å². The third-order valence-corrected chi connectivity index (χ3v) is 2.93. The van der Waals surface area contributed by atoms with E-state index in [1.807, 2.05) is 0 Å². The number of rotatable bonds is 4. The molecule has 0 aliphatic heterocycles. The summed E-state index contributed by atoms with van der Waals surface area (Å²) in [5.74, 6) is -0.342. The van der Waals surface area contributed by atoms with Crippen LogP contribution in [-0.2, 0) is 6.18 Å². The number of hydrogen-bond acceptors (Lipinski definition) is 4. The lowest BCUT2D eigenvalue weighted by Gasteiger charge is -2.02. The Balaban J connectivity index is 2.67. The fourth-order valence-electron chi connectivity index (χ4n) is 1.02. The van der Waals surface area contributed by atoms with Crippen molar-refractivity contribution in [2.75, 3.05) is 0 Å². The molecular weight excluding hydrogens is 241 g/mol. The summed E-state index contributed by atoms with van der Waals surface area (Å²) in [6.45, 7) is 1.74. The van der Waals surface area contributed by atoms with Gasteiger partial charge in [0.2, 0.25) is 0 Å². The first-order valence-electron chi connectivity index (χ1n) is 4.62. The van der Waals surface area contributed by atoms with E-state index in [2.05, 4.69) is 4.98 Å². The van der Waals surface area contributed by atoms with Gasteiger partial charge in [-0.3, -0.25) is 4.79 Å².